The van der Waals surface area contributed by atoms with E-state index in [1.165, 1.54) is 0 Å². The average Bonchev–Trinajstić information content (AvgIpc) is 2.96. The lowest BCUT2D eigenvalue weighted by Gasteiger charge is -2.27. The Bertz CT molecular complexity index is 1530. The monoisotopic (exact) mass is 514 g/mol. The molecule has 1 heterocycles. The molecule has 0 fully saturated rings. The third-order valence-electron chi connectivity index (χ3n) is 6.47. The van der Waals surface area contributed by atoms with Crippen molar-refractivity contribution in [1.29, 1.82) is 5.26 Å². The summed E-state index contributed by atoms with van der Waals surface area (Å²) in [6.45, 7) is 4.04. The number of esters is 1. The number of hydrogen-bond donors (Lipinski definition) is 1. The third kappa shape index (κ3) is 5.39. The maximum atomic E-state index is 13.5. The molecule has 1 aliphatic heterocycles. The van der Waals surface area contributed by atoms with Crippen LogP contribution in [0.4, 0.5) is 0 Å². The Morgan fingerprint density at radius 1 is 0.949 bits per heavy atom. The molecular weight excluding hydrogens is 488 g/mol. The Labute approximate surface area is 227 Å². The zero-order chi connectivity index (χ0) is 27.2. The fraction of sp³-hybridized carbons (Fsp3) is 0.0909. The number of rotatable bonds is 8. The van der Waals surface area contributed by atoms with Gasteiger partial charge in [-0.3, -0.25) is 4.79 Å². The van der Waals surface area contributed by atoms with Crippen LogP contribution in [0.3, 0.4) is 0 Å². The number of carbonyl (C=O) groups is 1. The molecule has 0 bridgehead atoms. The number of ether oxygens (including phenoxy) is 3. The summed E-state index contributed by atoms with van der Waals surface area (Å²) in [5.41, 5.74) is 9.67. The van der Waals surface area contributed by atoms with Gasteiger partial charge in [0.15, 0.2) is 0 Å². The summed E-state index contributed by atoms with van der Waals surface area (Å²) in [5.74, 6) is -0.131. The number of fused-ring (bicyclic) bond motifs is 1. The molecule has 6 nitrogen and oxygen atoms in total. The number of hydrogen-bond acceptors (Lipinski definition) is 6. The highest BCUT2D eigenvalue weighted by molar-refractivity contribution is 5.84. The van der Waals surface area contributed by atoms with E-state index in [4.69, 9.17) is 19.9 Å². The average molecular weight is 515 g/mol. The largest absolute Gasteiger partial charge is 0.490 e. The number of nitriles is 1. The van der Waals surface area contributed by atoms with Crippen LogP contribution in [0.1, 0.15) is 34.1 Å². The first kappa shape index (κ1) is 25.4. The molecule has 4 aromatic carbocycles. The first-order valence-electron chi connectivity index (χ1n) is 12.5. The normalized spacial score (nSPS) is 14.1. The third-order valence-corrected chi connectivity index (χ3v) is 6.47. The topological polar surface area (TPSA) is 94.6 Å². The number of carbonyl (C=O) groups excluding carboxylic acids is 1. The van der Waals surface area contributed by atoms with Gasteiger partial charge in [0, 0.05) is 11.6 Å². The molecule has 39 heavy (non-hydrogen) atoms. The van der Waals surface area contributed by atoms with Gasteiger partial charge in [0.05, 0.1) is 5.92 Å². The zero-order valence-electron chi connectivity index (χ0n) is 21.1. The molecule has 0 saturated carbocycles. The van der Waals surface area contributed by atoms with Crippen LogP contribution in [-0.4, -0.2) is 12.6 Å². The van der Waals surface area contributed by atoms with Gasteiger partial charge in [0.1, 0.15) is 41.4 Å². The van der Waals surface area contributed by atoms with Crippen molar-refractivity contribution in [2.45, 2.75) is 11.8 Å². The van der Waals surface area contributed by atoms with E-state index >= 15 is 0 Å². The Kier molecular flexibility index (Phi) is 7.42. The number of nitrogens with zero attached hydrogens (tertiary/aromatic N) is 1. The molecule has 1 unspecified atom stereocenters. The fourth-order valence-corrected chi connectivity index (χ4v) is 4.71. The van der Waals surface area contributed by atoms with Crippen molar-refractivity contribution in [3.8, 4) is 23.3 Å². The van der Waals surface area contributed by atoms with Crippen molar-refractivity contribution in [1.82, 2.24) is 0 Å². The Hall–Kier alpha value is -5.28. The molecule has 1 atom stereocenters. The first-order valence-corrected chi connectivity index (χ1v) is 12.5. The van der Waals surface area contributed by atoms with Gasteiger partial charge in [-0.25, -0.2) is 0 Å². The summed E-state index contributed by atoms with van der Waals surface area (Å²) in [5, 5.41) is 9.90. The van der Waals surface area contributed by atoms with Crippen LogP contribution < -0.4 is 19.9 Å². The summed E-state index contributed by atoms with van der Waals surface area (Å²) >= 11 is 0. The minimum absolute atomic E-state index is 0.00216. The van der Waals surface area contributed by atoms with E-state index in [0.717, 1.165) is 22.3 Å². The van der Waals surface area contributed by atoms with Crippen LogP contribution in [-0.2, 0) is 4.79 Å². The second-order valence-electron chi connectivity index (χ2n) is 8.97. The highest BCUT2D eigenvalue weighted by Gasteiger charge is 2.32. The van der Waals surface area contributed by atoms with Gasteiger partial charge in [-0.2, -0.15) is 5.26 Å². The van der Waals surface area contributed by atoms with E-state index < -0.39 is 17.8 Å². The van der Waals surface area contributed by atoms with Crippen LogP contribution in [0, 0.1) is 11.3 Å². The van der Waals surface area contributed by atoms with Gasteiger partial charge in [0.2, 0.25) is 5.88 Å². The molecular formula is C33H26N2O4. The minimum Gasteiger partial charge on any atom is -0.490 e. The lowest BCUT2D eigenvalue weighted by Crippen LogP contribution is -2.22. The van der Waals surface area contributed by atoms with E-state index in [0.29, 0.717) is 29.4 Å². The van der Waals surface area contributed by atoms with Gasteiger partial charge in [-0.05, 0) is 34.9 Å². The zero-order valence-corrected chi connectivity index (χ0v) is 21.1. The van der Waals surface area contributed by atoms with Crippen LogP contribution in [0.5, 0.6) is 17.2 Å². The van der Waals surface area contributed by atoms with Crippen molar-refractivity contribution in [3.63, 3.8) is 0 Å². The van der Waals surface area contributed by atoms with Crippen molar-refractivity contribution in [2.75, 3.05) is 6.61 Å². The summed E-state index contributed by atoms with van der Waals surface area (Å²) in [6, 6.07) is 33.8. The second kappa shape index (κ2) is 11.4. The van der Waals surface area contributed by atoms with E-state index in [-0.39, 0.29) is 5.88 Å². The second-order valence-corrected chi connectivity index (χ2v) is 8.97. The summed E-state index contributed by atoms with van der Waals surface area (Å²) < 4.78 is 17.4. The maximum absolute atomic E-state index is 13.5. The molecule has 4 aromatic rings. The van der Waals surface area contributed by atoms with Crippen molar-refractivity contribution in [2.24, 2.45) is 5.73 Å². The number of allylic oxidation sites excluding steroid dienone is 1. The van der Waals surface area contributed by atoms with Gasteiger partial charge >= 0.3 is 5.97 Å². The molecule has 0 aromatic heterocycles. The quantitative estimate of drug-likeness (QED) is 0.171. The fourth-order valence-electron chi connectivity index (χ4n) is 4.71. The SMILES string of the molecule is C=CCOc1cccc(C2C(C#N)=C(N)Oc3cc(OC(=O)C(c4ccccc4)c4ccccc4)ccc32)c1. The lowest BCUT2D eigenvalue weighted by atomic mass is 9.83. The molecule has 0 saturated heterocycles. The van der Waals surface area contributed by atoms with Gasteiger partial charge in [-0.1, -0.05) is 91.5 Å². The Balaban J connectivity index is 1.48. The van der Waals surface area contributed by atoms with Crippen molar-refractivity contribution in [3.05, 3.63) is 149 Å². The molecule has 2 N–H and O–H groups in total. The first-order chi connectivity index (χ1) is 19.1. The predicted molar refractivity (Wildman–Crippen MR) is 148 cm³/mol. The molecule has 6 heteroatoms. The van der Waals surface area contributed by atoms with Crippen LogP contribution >= 0.6 is 0 Å². The molecule has 0 radical (unpaired) electrons. The highest BCUT2D eigenvalue weighted by Crippen LogP contribution is 2.44. The molecule has 1 aliphatic rings. The molecule has 0 aliphatic carbocycles. The van der Waals surface area contributed by atoms with E-state index in [9.17, 15) is 10.1 Å². The molecule has 0 spiro atoms. The van der Waals surface area contributed by atoms with Crippen molar-refractivity contribution >= 4 is 5.97 Å². The molecule has 0 amide bonds. The number of benzene rings is 4. The van der Waals surface area contributed by atoms with Gasteiger partial charge < -0.3 is 19.9 Å². The minimum atomic E-state index is -0.606. The molecule has 192 valence electrons. The Morgan fingerprint density at radius 3 is 2.28 bits per heavy atom. The summed E-state index contributed by atoms with van der Waals surface area (Å²) in [6.07, 6.45) is 1.66. The summed E-state index contributed by atoms with van der Waals surface area (Å²) in [4.78, 5) is 13.5. The van der Waals surface area contributed by atoms with Crippen LogP contribution in [0.2, 0.25) is 0 Å². The Morgan fingerprint density at radius 2 is 1.64 bits per heavy atom. The van der Waals surface area contributed by atoms with Crippen molar-refractivity contribution < 1.29 is 19.0 Å². The predicted octanol–water partition coefficient (Wildman–Crippen LogP) is 6.21. The maximum Gasteiger partial charge on any atom is 0.323 e. The standard InChI is InChI=1S/C33H26N2O4/c1-2-18-37-25-15-9-14-24(19-25)31-27-17-16-26(20-29(27)39-32(35)28(31)21-34)38-33(36)30(22-10-5-3-6-11-22)23-12-7-4-8-13-23/h2-17,19-20,30-31H,1,18,35H2. The van der Waals surface area contributed by atoms with E-state index in [1.807, 2.05) is 84.9 Å². The summed E-state index contributed by atoms with van der Waals surface area (Å²) in [7, 11) is 0. The van der Waals surface area contributed by atoms with E-state index in [1.54, 1.807) is 24.3 Å². The van der Waals surface area contributed by atoms with E-state index in [2.05, 4.69) is 12.6 Å². The highest BCUT2D eigenvalue weighted by atomic mass is 16.5. The number of nitrogens with two attached hydrogens (primary N) is 1. The molecule has 5 rings (SSSR count). The lowest BCUT2D eigenvalue weighted by molar-refractivity contribution is -0.135. The van der Waals surface area contributed by atoms with Crippen LogP contribution in [0.25, 0.3) is 0 Å². The van der Waals surface area contributed by atoms with Gasteiger partial charge in [-0.15, -0.1) is 0 Å². The smallest absolute Gasteiger partial charge is 0.323 e. The van der Waals surface area contributed by atoms with Gasteiger partial charge in [0.25, 0.3) is 0 Å². The van der Waals surface area contributed by atoms with Crippen LogP contribution in [0.15, 0.2) is 127 Å².